The third-order valence-electron chi connectivity index (χ3n) is 13.0. The lowest BCUT2D eigenvalue weighted by Gasteiger charge is -2.25. The molecule has 3 fully saturated rings. The number of carbonyl (C=O) groups is 3. The van der Waals surface area contributed by atoms with Crippen LogP contribution in [0.25, 0.3) is 0 Å². The Bertz CT molecular complexity index is 2230. The van der Waals surface area contributed by atoms with E-state index in [9.17, 15) is 109 Å². The molecule has 3 aromatic carbocycles. The summed E-state index contributed by atoms with van der Waals surface area (Å²) in [6.45, 7) is 4.36. The van der Waals surface area contributed by atoms with Gasteiger partial charge >= 0.3 is 37.6 Å². The van der Waals surface area contributed by atoms with Crippen LogP contribution in [0, 0.1) is 16.2 Å². The monoisotopic (exact) mass is 1160 g/mol. The van der Waals surface area contributed by atoms with Gasteiger partial charge in [0.25, 0.3) is 0 Å². The molecule has 0 bridgehead atoms. The summed E-state index contributed by atoms with van der Waals surface area (Å²) in [4.78, 5) is 35.7. The minimum Gasteiger partial charge on any atom is -0.406 e. The Morgan fingerprint density at radius 1 is 0.423 bits per heavy atom. The predicted octanol–water partition coefficient (Wildman–Crippen LogP) is 11.6. The minimum atomic E-state index is -4.87. The van der Waals surface area contributed by atoms with Gasteiger partial charge in [0.05, 0.1) is 71.9 Å². The number of nitrogens with one attached hydrogen (secondary N) is 3. The van der Waals surface area contributed by atoms with Gasteiger partial charge in [-0.2, -0.15) is 39.5 Å². The van der Waals surface area contributed by atoms with Crippen molar-refractivity contribution in [2.24, 2.45) is 16.2 Å². The number of rotatable bonds is 18. The molecule has 0 aromatic heterocycles. The Morgan fingerprint density at radius 3 is 0.795 bits per heavy atom. The average molecular weight is 1160 g/mol. The Hall–Kier alpha value is -5.91. The van der Waals surface area contributed by atoms with Crippen molar-refractivity contribution in [3.05, 3.63) is 89.5 Å². The fraction of sp³-hybridized carbons (Fsp3) is 0.562. The minimum absolute atomic E-state index is 0.239. The van der Waals surface area contributed by atoms with Crippen LogP contribution in [-0.4, -0.2) is 89.0 Å². The van der Waals surface area contributed by atoms with Gasteiger partial charge in [0, 0.05) is 0 Å². The molecule has 6 atom stereocenters. The second kappa shape index (κ2) is 24.2. The second-order valence-electron chi connectivity index (χ2n) is 18.8. The van der Waals surface area contributed by atoms with Crippen molar-refractivity contribution in [2.45, 2.75) is 153 Å². The molecule has 6 rings (SSSR count). The van der Waals surface area contributed by atoms with Gasteiger partial charge in [0.15, 0.2) is 0 Å². The van der Waals surface area contributed by atoms with E-state index in [1.54, 1.807) is 0 Å². The van der Waals surface area contributed by atoms with Crippen LogP contribution < -0.4 is 30.2 Å². The lowest BCUT2D eigenvalue weighted by Crippen LogP contribution is -2.40. The number of alkyl halides is 18. The number of hydrogen-bond acceptors (Lipinski definition) is 9. The fourth-order valence-corrected chi connectivity index (χ4v) is 8.03. The number of hydrogen-bond donors (Lipinski definition) is 6. The third-order valence-corrected chi connectivity index (χ3v) is 13.0. The van der Waals surface area contributed by atoms with Crippen LogP contribution in [0.1, 0.15) is 113 Å². The van der Waals surface area contributed by atoms with Crippen molar-refractivity contribution in [3.8, 4) is 17.2 Å². The SMILES string of the molecule is C[C@H](NC(=O)CC(O)C1(C(F)(F)F)CC1)c1cccc(OC(F)(F)F)c1.C[C@H](NC(=O)C[C@@H](O)C1(C(F)(F)F)CC1)c1cccc(OC(F)(F)F)c1.C[C@H](NC(=O)C[C@H](O)C1(C(F)(F)F)CC1)c1cccc(OC(F)(F)F)c1. The number of halogens is 18. The number of aliphatic hydroxyl groups excluding tert-OH is 3. The molecule has 3 saturated carbocycles. The normalized spacial score (nSPS) is 18.8. The molecule has 12 nitrogen and oxygen atoms in total. The smallest absolute Gasteiger partial charge is 0.406 e. The number of aliphatic hydroxyl groups is 3. The van der Waals surface area contributed by atoms with Gasteiger partial charge in [-0.25, -0.2) is 0 Å². The first-order chi connectivity index (χ1) is 35.5. The van der Waals surface area contributed by atoms with Crippen molar-refractivity contribution < 1.29 is 123 Å². The van der Waals surface area contributed by atoms with Crippen molar-refractivity contribution in [1.82, 2.24) is 16.0 Å². The summed E-state index contributed by atoms with van der Waals surface area (Å²) in [7, 11) is 0. The van der Waals surface area contributed by atoms with Gasteiger partial charge in [-0.05, 0) is 112 Å². The van der Waals surface area contributed by atoms with Crippen LogP contribution in [0.3, 0.4) is 0 Å². The molecular weight excluding hydrogens is 1100 g/mol. The van der Waals surface area contributed by atoms with E-state index in [1.807, 2.05) is 0 Å². The second-order valence-corrected chi connectivity index (χ2v) is 18.8. The Morgan fingerprint density at radius 2 is 0.628 bits per heavy atom. The van der Waals surface area contributed by atoms with Crippen LogP contribution in [-0.2, 0) is 14.4 Å². The first-order valence-electron chi connectivity index (χ1n) is 23.2. The van der Waals surface area contributed by atoms with Crippen molar-refractivity contribution >= 4 is 17.7 Å². The van der Waals surface area contributed by atoms with E-state index >= 15 is 0 Å². The maximum atomic E-state index is 12.9. The zero-order chi connectivity index (χ0) is 59.3. The van der Waals surface area contributed by atoms with Gasteiger partial charge in [-0.3, -0.25) is 14.4 Å². The maximum Gasteiger partial charge on any atom is 0.573 e. The quantitative estimate of drug-likeness (QED) is 0.0677. The fourth-order valence-electron chi connectivity index (χ4n) is 8.03. The van der Waals surface area contributed by atoms with Crippen LogP contribution >= 0.6 is 0 Å². The van der Waals surface area contributed by atoms with Gasteiger partial charge in [0.1, 0.15) is 17.2 Å². The van der Waals surface area contributed by atoms with Crippen LogP contribution in [0.5, 0.6) is 17.2 Å². The lowest BCUT2D eigenvalue weighted by molar-refractivity contribution is -0.275. The van der Waals surface area contributed by atoms with E-state index in [2.05, 4.69) is 30.2 Å². The van der Waals surface area contributed by atoms with Crippen molar-refractivity contribution in [2.75, 3.05) is 0 Å². The molecule has 0 aliphatic heterocycles. The van der Waals surface area contributed by atoms with Crippen molar-refractivity contribution in [3.63, 3.8) is 0 Å². The highest BCUT2D eigenvalue weighted by Gasteiger charge is 2.69. The molecule has 0 radical (unpaired) electrons. The number of benzene rings is 3. The number of ether oxygens (including phenoxy) is 3. The lowest BCUT2D eigenvalue weighted by atomic mass is 9.95. The largest absolute Gasteiger partial charge is 0.573 e. The Kier molecular flexibility index (Phi) is 20.1. The molecule has 3 aliphatic rings. The molecule has 0 heterocycles. The molecule has 6 N–H and O–H groups in total. The summed E-state index contributed by atoms with van der Waals surface area (Å²) in [5.41, 5.74) is -5.92. The summed E-state index contributed by atoms with van der Waals surface area (Å²) in [5.74, 6) is -3.94. The van der Waals surface area contributed by atoms with Gasteiger partial charge in [-0.1, -0.05) is 36.4 Å². The maximum absolute atomic E-state index is 12.9. The van der Waals surface area contributed by atoms with E-state index in [0.29, 0.717) is 0 Å². The van der Waals surface area contributed by atoms with Crippen LogP contribution in [0.2, 0.25) is 0 Å². The number of amides is 3. The number of carbonyl (C=O) groups excluding carboxylic acids is 3. The van der Waals surface area contributed by atoms with Crippen molar-refractivity contribution in [1.29, 1.82) is 0 Å². The molecule has 0 spiro atoms. The van der Waals surface area contributed by atoms with Gasteiger partial charge in [0.2, 0.25) is 17.7 Å². The highest BCUT2D eigenvalue weighted by molar-refractivity contribution is 5.78. The molecule has 3 amide bonds. The zero-order valence-corrected chi connectivity index (χ0v) is 40.9. The standard InChI is InChI=1S/3C16H17F6NO3/c3*1-9(10-3-2-4-11(7-10)26-16(20,21)22)23-13(25)8-12(24)14(5-6-14)15(17,18)19/h3*2-4,7,9,12,24H,5-6,8H2,1H3,(H,23,25)/t9-,12?;9-,12+;9-,12-/m000/s1. The first-order valence-corrected chi connectivity index (χ1v) is 23.2. The molecule has 0 saturated heterocycles. The zero-order valence-electron chi connectivity index (χ0n) is 40.9. The molecule has 1 unspecified atom stereocenters. The molecular formula is C48H51F18N3O9. The van der Waals surface area contributed by atoms with E-state index < -0.39 is 145 Å². The third kappa shape index (κ3) is 18.3. The van der Waals surface area contributed by atoms with Gasteiger partial charge in [-0.15, -0.1) is 39.5 Å². The highest BCUT2D eigenvalue weighted by Crippen LogP contribution is 2.62. The van der Waals surface area contributed by atoms with E-state index in [4.69, 9.17) is 0 Å². The summed E-state index contributed by atoms with van der Waals surface area (Å²) in [5, 5.41) is 36.4. The molecule has 3 aromatic rings. The summed E-state index contributed by atoms with van der Waals surface area (Å²) in [6.07, 6.45) is -37.7. The predicted molar refractivity (Wildman–Crippen MR) is 234 cm³/mol. The summed E-state index contributed by atoms with van der Waals surface area (Å²) in [6, 6.07) is 12.2. The topological polar surface area (TPSA) is 176 Å². The van der Waals surface area contributed by atoms with Crippen LogP contribution in [0.4, 0.5) is 79.0 Å². The van der Waals surface area contributed by atoms with Gasteiger partial charge < -0.3 is 45.5 Å². The summed E-state index contributed by atoms with van der Waals surface area (Å²) >= 11 is 0. The molecule has 3 aliphatic carbocycles. The highest BCUT2D eigenvalue weighted by atomic mass is 19.4. The molecule has 438 valence electrons. The average Bonchev–Trinajstić information content (AvgIpc) is 4.12. The Balaban J connectivity index is 0.000000252. The van der Waals surface area contributed by atoms with Crippen LogP contribution in [0.15, 0.2) is 72.8 Å². The van der Waals surface area contributed by atoms with E-state index in [0.717, 1.165) is 36.4 Å². The molecule has 30 heteroatoms. The Labute approximate surface area is 431 Å². The molecule has 78 heavy (non-hydrogen) atoms. The first kappa shape index (κ1) is 64.6. The summed E-state index contributed by atoms with van der Waals surface area (Å²) < 4.78 is 238. The van der Waals surface area contributed by atoms with E-state index in [-0.39, 0.29) is 55.2 Å². The van der Waals surface area contributed by atoms with E-state index in [1.165, 1.54) is 57.2 Å².